The Kier molecular flexibility index (Phi) is 10.9. The highest BCUT2D eigenvalue weighted by Crippen LogP contribution is 2.19. The number of aliphatic carboxylic acids is 1. The van der Waals surface area contributed by atoms with Crippen LogP contribution in [0.1, 0.15) is 25.3 Å². The summed E-state index contributed by atoms with van der Waals surface area (Å²) in [7, 11) is 0. The molecule has 0 fully saturated rings. The van der Waals surface area contributed by atoms with E-state index in [0.717, 1.165) is 10.9 Å². The van der Waals surface area contributed by atoms with Crippen molar-refractivity contribution in [2.45, 2.75) is 56.5 Å². The van der Waals surface area contributed by atoms with Crippen molar-refractivity contribution >= 4 is 53.1 Å². The van der Waals surface area contributed by atoms with Crippen LogP contribution in [0.4, 0.5) is 0 Å². The number of nitrogens with two attached hydrogens (primary N) is 2. The number of carboxylic acids is 1. The SMILES string of the molecule is CC(O)C(NC(=O)C(CCC(N)=O)NC(=O)C(N)CS)C(=O)NC(Cc1c[nH]c2ccccc12)C(=O)O. The van der Waals surface area contributed by atoms with Crippen molar-refractivity contribution in [1.29, 1.82) is 0 Å². The molecule has 13 nitrogen and oxygen atoms in total. The molecule has 0 aliphatic heterocycles. The second-order valence-corrected chi connectivity index (χ2v) is 8.91. The third-order valence-corrected chi connectivity index (χ3v) is 6.02. The number of hydrogen-bond acceptors (Lipinski definition) is 8. The molecule has 0 radical (unpaired) electrons. The molecule has 5 atom stereocenters. The smallest absolute Gasteiger partial charge is 0.326 e. The van der Waals surface area contributed by atoms with Crippen molar-refractivity contribution in [1.82, 2.24) is 20.9 Å². The summed E-state index contributed by atoms with van der Waals surface area (Å²) in [6.45, 7) is 1.23. The van der Waals surface area contributed by atoms with Crippen LogP contribution >= 0.6 is 12.6 Å². The molecule has 0 aliphatic rings. The van der Waals surface area contributed by atoms with Crippen LogP contribution in [-0.4, -0.2) is 80.8 Å². The number of carbonyl (C=O) groups is 5. The number of aromatic nitrogens is 1. The van der Waals surface area contributed by atoms with Gasteiger partial charge in [0, 0.05) is 35.7 Å². The van der Waals surface area contributed by atoms with Crippen molar-refractivity contribution < 1.29 is 34.2 Å². The van der Waals surface area contributed by atoms with E-state index in [0.29, 0.717) is 5.56 Å². The minimum atomic E-state index is -1.57. The fourth-order valence-electron chi connectivity index (χ4n) is 3.56. The Hall–Kier alpha value is -3.62. The van der Waals surface area contributed by atoms with E-state index < -0.39 is 59.9 Å². The Balaban J connectivity index is 2.16. The molecule has 2 rings (SSSR count). The van der Waals surface area contributed by atoms with Gasteiger partial charge in [0.15, 0.2) is 0 Å². The number of aliphatic hydroxyl groups excluding tert-OH is 1. The highest BCUT2D eigenvalue weighted by atomic mass is 32.1. The summed E-state index contributed by atoms with van der Waals surface area (Å²) in [5.74, 6) is -4.63. The summed E-state index contributed by atoms with van der Waals surface area (Å²) >= 11 is 3.93. The van der Waals surface area contributed by atoms with Gasteiger partial charge in [-0.1, -0.05) is 18.2 Å². The number of amides is 4. The number of carbonyl (C=O) groups excluding carboxylic acids is 4. The van der Waals surface area contributed by atoms with Crippen LogP contribution in [0.25, 0.3) is 10.9 Å². The second kappa shape index (κ2) is 13.6. The third-order valence-electron chi connectivity index (χ3n) is 5.62. The van der Waals surface area contributed by atoms with Crippen LogP contribution < -0.4 is 27.4 Å². The molecule has 14 heteroatoms. The van der Waals surface area contributed by atoms with Gasteiger partial charge in [-0.3, -0.25) is 19.2 Å². The van der Waals surface area contributed by atoms with E-state index in [1.807, 2.05) is 12.1 Å². The van der Waals surface area contributed by atoms with E-state index in [1.54, 1.807) is 18.3 Å². The van der Waals surface area contributed by atoms with E-state index in [4.69, 9.17) is 11.5 Å². The van der Waals surface area contributed by atoms with Crippen LogP contribution in [0, 0.1) is 0 Å². The quantitative estimate of drug-likeness (QED) is 0.124. The zero-order valence-corrected chi connectivity index (χ0v) is 21.0. The van der Waals surface area contributed by atoms with Crippen LogP contribution in [0.2, 0.25) is 0 Å². The lowest BCUT2D eigenvalue weighted by Gasteiger charge is -2.26. The van der Waals surface area contributed by atoms with Gasteiger partial charge in [-0.2, -0.15) is 12.6 Å². The van der Waals surface area contributed by atoms with Crippen LogP contribution in [-0.2, 0) is 30.4 Å². The summed E-state index contributed by atoms with van der Waals surface area (Å²) in [5, 5.41) is 27.7. The molecule has 0 aliphatic carbocycles. The van der Waals surface area contributed by atoms with Gasteiger partial charge >= 0.3 is 5.97 Å². The lowest BCUT2D eigenvalue weighted by molar-refractivity contribution is -0.143. The number of carboxylic acid groups (broad SMARTS) is 1. The first-order valence-corrected chi connectivity index (χ1v) is 12.1. The summed E-state index contributed by atoms with van der Waals surface area (Å²) in [5.41, 5.74) is 12.2. The van der Waals surface area contributed by atoms with Gasteiger partial charge in [0.05, 0.1) is 12.1 Å². The number of primary amides is 1. The number of H-pyrrole nitrogens is 1. The first-order valence-electron chi connectivity index (χ1n) is 11.5. The number of fused-ring (bicyclic) bond motifs is 1. The zero-order valence-electron chi connectivity index (χ0n) is 20.1. The summed E-state index contributed by atoms with van der Waals surface area (Å²) in [4.78, 5) is 64.2. The summed E-state index contributed by atoms with van der Waals surface area (Å²) < 4.78 is 0. The lowest BCUT2D eigenvalue weighted by atomic mass is 10.0. The van der Waals surface area contributed by atoms with Crippen molar-refractivity contribution in [3.8, 4) is 0 Å². The molecule has 0 bridgehead atoms. The monoisotopic (exact) mass is 536 g/mol. The number of aromatic amines is 1. The normalized spacial score (nSPS) is 15.1. The van der Waals surface area contributed by atoms with Crippen molar-refractivity contribution in [2.75, 3.05) is 5.75 Å². The molecule has 0 spiro atoms. The molecule has 0 saturated heterocycles. The molecule has 0 saturated carbocycles. The highest BCUT2D eigenvalue weighted by Gasteiger charge is 2.33. The van der Waals surface area contributed by atoms with Gasteiger partial charge in [-0.15, -0.1) is 0 Å². The zero-order chi connectivity index (χ0) is 27.7. The third kappa shape index (κ3) is 8.48. The lowest BCUT2D eigenvalue weighted by Crippen LogP contribution is -2.60. The molecular formula is C23H32N6O7S. The largest absolute Gasteiger partial charge is 0.480 e. The minimum absolute atomic E-state index is 0.0122. The molecule has 2 aromatic rings. The molecule has 1 aromatic carbocycles. The maximum absolute atomic E-state index is 12.9. The maximum Gasteiger partial charge on any atom is 0.326 e. The predicted molar refractivity (Wildman–Crippen MR) is 137 cm³/mol. The number of rotatable bonds is 14. The van der Waals surface area contributed by atoms with E-state index in [2.05, 4.69) is 33.6 Å². The Morgan fingerprint density at radius 1 is 1.03 bits per heavy atom. The molecule has 4 amide bonds. The topological polar surface area (TPSA) is 230 Å². The Morgan fingerprint density at radius 3 is 2.27 bits per heavy atom. The number of para-hydroxylation sites is 1. The van der Waals surface area contributed by atoms with E-state index in [1.165, 1.54) is 6.92 Å². The highest BCUT2D eigenvalue weighted by molar-refractivity contribution is 7.80. The molecule has 37 heavy (non-hydrogen) atoms. The van der Waals surface area contributed by atoms with Gasteiger partial charge in [-0.25, -0.2) is 4.79 Å². The van der Waals surface area contributed by atoms with Gasteiger partial charge in [0.25, 0.3) is 0 Å². The van der Waals surface area contributed by atoms with Crippen molar-refractivity contribution in [3.63, 3.8) is 0 Å². The molecular weight excluding hydrogens is 504 g/mol. The molecule has 10 N–H and O–H groups in total. The van der Waals surface area contributed by atoms with Crippen molar-refractivity contribution in [2.24, 2.45) is 11.5 Å². The minimum Gasteiger partial charge on any atom is -0.480 e. The predicted octanol–water partition coefficient (Wildman–Crippen LogP) is -1.85. The first kappa shape index (κ1) is 29.6. The summed E-state index contributed by atoms with van der Waals surface area (Å²) in [6, 6.07) is 1.96. The fraction of sp³-hybridized carbons (Fsp3) is 0.435. The summed E-state index contributed by atoms with van der Waals surface area (Å²) in [6.07, 6.45) is -0.310. The van der Waals surface area contributed by atoms with Crippen LogP contribution in [0.15, 0.2) is 30.5 Å². The Labute approximate surface area is 218 Å². The molecule has 1 heterocycles. The van der Waals surface area contributed by atoms with E-state index in [-0.39, 0.29) is 25.0 Å². The van der Waals surface area contributed by atoms with Crippen LogP contribution in [0.5, 0.6) is 0 Å². The van der Waals surface area contributed by atoms with Gasteiger partial charge < -0.3 is 42.6 Å². The average Bonchev–Trinajstić information content (AvgIpc) is 3.26. The van der Waals surface area contributed by atoms with E-state index in [9.17, 15) is 34.2 Å². The Bertz CT molecular complexity index is 1140. The van der Waals surface area contributed by atoms with Crippen LogP contribution in [0.3, 0.4) is 0 Å². The number of aliphatic hydroxyl groups is 1. The van der Waals surface area contributed by atoms with E-state index >= 15 is 0 Å². The van der Waals surface area contributed by atoms with Gasteiger partial charge in [0.1, 0.15) is 18.1 Å². The second-order valence-electron chi connectivity index (χ2n) is 8.55. The number of thiol groups is 1. The Morgan fingerprint density at radius 2 is 1.68 bits per heavy atom. The van der Waals surface area contributed by atoms with Gasteiger partial charge in [-0.05, 0) is 25.0 Å². The number of nitrogens with one attached hydrogen (secondary N) is 4. The number of benzene rings is 1. The first-order chi connectivity index (χ1) is 17.4. The average molecular weight is 537 g/mol. The maximum atomic E-state index is 12.9. The number of hydrogen-bond donors (Lipinski definition) is 9. The fourth-order valence-corrected chi connectivity index (χ4v) is 3.72. The molecule has 5 unspecified atom stereocenters. The van der Waals surface area contributed by atoms with Crippen molar-refractivity contribution in [3.05, 3.63) is 36.0 Å². The molecule has 202 valence electrons. The standard InChI is InChI=1S/C23H32N6O7S/c1-11(30)19(29-21(33)16(6-7-18(25)31)27-20(32)14(24)10-37)22(34)28-17(23(35)36)8-12-9-26-15-5-3-2-4-13(12)15/h2-5,9,11,14,16-17,19,26,30,37H,6-8,10,24H2,1H3,(H2,25,31)(H,27,32)(H,28,34)(H,29,33)(H,35,36). The molecule has 1 aromatic heterocycles. The van der Waals surface area contributed by atoms with Gasteiger partial charge in [0.2, 0.25) is 23.6 Å².